The fourth-order valence-corrected chi connectivity index (χ4v) is 3.92. The van der Waals surface area contributed by atoms with E-state index in [2.05, 4.69) is 4.98 Å². The summed E-state index contributed by atoms with van der Waals surface area (Å²) >= 11 is 0. The number of aryl methyl sites for hydroxylation is 2. The van der Waals surface area contributed by atoms with Crippen LogP contribution in [0.15, 0.2) is 36.5 Å². The highest BCUT2D eigenvalue weighted by Gasteiger charge is 2.21. The molecule has 0 atom stereocenters. The summed E-state index contributed by atoms with van der Waals surface area (Å²) < 4.78 is 25.9. The molecule has 1 aliphatic carbocycles. The minimum absolute atomic E-state index is 0.0778. The number of sulfonamides is 1. The van der Waals surface area contributed by atoms with E-state index in [4.69, 9.17) is 5.73 Å². The summed E-state index contributed by atoms with van der Waals surface area (Å²) in [7, 11) is -3.46. The standard InChI is InChI=1S/C18H21N3O3S/c1-25(23,24)21(17-8-6-13-3-2-4-14(13)9-17)12-16-7-5-15(11-20-16)18(22)10-19/h5-9,11H,2-4,10,12,19H2,1H3. The molecule has 1 aromatic carbocycles. The summed E-state index contributed by atoms with van der Waals surface area (Å²) in [4.78, 5) is 15.8. The minimum atomic E-state index is -3.46. The van der Waals surface area contributed by atoms with Gasteiger partial charge < -0.3 is 5.73 Å². The molecule has 0 radical (unpaired) electrons. The van der Waals surface area contributed by atoms with Gasteiger partial charge in [-0.1, -0.05) is 6.07 Å². The molecular weight excluding hydrogens is 338 g/mol. The number of benzene rings is 1. The van der Waals surface area contributed by atoms with Gasteiger partial charge in [0.2, 0.25) is 10.0 Å². The number of nitrogens with two attached hydrogens (primary N) is 1. The Morgan fingerprint density at radius 3 is 2.60 bits per heavy atom. The van der Waals surface area contributed by atoms with Crippen molar-refractivity contribution in [2.75, 3.05) is 17.1 Å². The summed E-state index contributed by atoms with van der Waals surface area (Å²) in [5, 5.41) is 0. The number of anilines is 1. The predicted molar refractivity (Wildman–Crippen MR) is 97.1 cm³/mol. The molecule has 2 aromatic rings. The van der Waals surface area contributed by atoms with Crippen molar-refractivity contribution >= 4 is 21.5 Å². The van der Waals surface area contributed by atoms with Crippen LogP contribution in [0.2, 0.25) is 0 Å². The Kier molecular flexibility index (Phi) is 4.87. The smallest absolute Gasteiger partial charge is 0.232 e. The molecule has 3 rings (SSSR count). The van der Waals surface area contributed by atoms with Crippen molar-refractivity contribution in [3.05, 3.63) is 58.9 Å². The Morgan fingerprint density at radius 2 is 1.96 bits per heavy atom. The SMILES string of the molecule is CS(=O)(=O)N(Cc1ccc(C(=O)CN)cn1)c1ccc2c(c1)CCC2. The fourth-order valence-electron chi connectivity index (χ4n) is 3.06. The summed E-state index contributed by atoms with van der Waals surface area (Å²) in [6.45, 7) is 0.0420. The molecule has 7 heteroatoms. The average Bonchev–Trinajstić information content (AvgIpc) is 3.06. The molecule has 1 heterocycles. The molecule has 0 saturated heterocycles. The molecule has 0 aliphatic heterocycles. The molecule has 1 aliphatic rings. The lowest BCUT2D eigenvalue weighted by Crippen LogP contribution is -2.29. The Morgan fingerprint density at radius 1 is 1.20 bits per heavy atom. The van der Waals surface area contributed by atoms with Crippen molar-refractivity contribution in [3.8, 4) is 0 Å². The van der Waals surface area contributed by atoms with Crippen molar-refractivity contribution in [2.24, 2.45) is 5.73 Å². The lowest BCUT2D eigenvalue weighted by Gasteiger charge is -2.23. The van der Waals surface area contributed by atoms with Crippen molar-refractivity contribution in [2.45, 2.75) is 25.8 Å². The van der Waals surface area contributed by atoms with Gasteiger partial charge in [-0.15, -0.1) is 0 Å². The Balaban J connectivity index is 1.89. The van der Waals surface area contributed by atoms with Crippen LogP contribution in [0.25, 0.3) is 0 Å². The van der Waals surface area contributed by atoms with Crippen LogP contribution in [0, 0.1) is 0 Å². The number of carbonyl (C=O) groups excluding carboxylic acids is 1. The number of Topliss-reactive ketones (excluding diaryl/α,β-unsaturated/α-hetero) is 1. The van der Waals surface area contributed by atoms with Crippen molar-refractivity contribution < 1.29 is 13.2 Å². The van der Waals surface area contributed by atoms with Gasteiger partial charge in [0.15, 0.2) is 5.78 Å². The number of nitrogens with zero attached hydrogens (tertiary/aromatic N) is 2. The lowest BCUT2D eigenvalue weighted by atomic mass is 10.1. The van der Waals surface area contributed by atoms with Crippen LogP contribution in [0.4, 0.5) is 5.69 Å². The van der Waals surface area contributed by atoms with Gasteiger partial charge in [-0.2, -0.15) is 0 Å². The van der Waals surface area contributed by atoms with E-state index in [-0.39, 0.29) is 18.9 Å². The maximum atomic E-state index is 12.3. The van der Waals surface area contributed by atoms with Gasteiger partial charge in [0.05, 0.1) is 30.7 Å². The zero-order valence-corrected chi connectivity index (χ0v) is 14.9. The molecule has 132 valence electrons. The summed E-state index contributed by atoms with van der Waals surface area (Å²) in [6, 6.07) is 9.09. The van der Waals surface area contributed by atoms with E-state index in [1.54, 1.807) is 12.1 Å². The quantitative estimate of drug-likeness (QED) is 0.792. The molecule has 0 saturated carbocycles. The third-order valence-corrected chi connectivity index (χ3v) is 5.55. The van der Waals surface area contributed by atoms with Crippen LogP contribution in [-0.4, -0.2) is 32.0 Å². The number of hydrogen-bond donors (Lipinski definition) is 1. The molecule has 0 fully saturated rings. The van der Waals surface area contributed by atoms with Gasteiger partial charge >= 0.3 is 0 Å². The van der Waals surface area contributed by atoms with E-state index in [1.807, 2.05) is 18.2 Å². The largest absolute Gasteiger partial charge is 0.324 e. The number of fused-ring (bicyclic) bond motifs is 1. The van der Waals surface area contributed by atoms with Crippen molar-refractivity contribution in [1.29, 1.82) is 0 Å². The second kappa shape index (κ2) is 6.93. The highest BCUT2D eigenvalue weighted by molar-refractivity contribution is 7.92. The van der Waals surface area contributed by atoms with Crippen molar-refractivity contribution in [1.82, 2.24) is 4.98 Å². The second-order valence-corrected chi connectivity index (χ2v) is 8.15. The van der Waals surface area contributed by atoms with Crippen LogP contribution in [0.1, 0.15) is 33.6 Å². The summed E-state index contributed by atoms with van der Waals surface area (Å²) in [5.74, 6) is -0.197. The van der Waals surface area contributed by atoms with E-state index in [1.165, 1.54) is 27.9 Å². The first kappa shape index (κ1) is 17.6. The molecule has 0 bridgehead atoms. The Labute approximate surface area is 147 Å². The molecule has 0 spiro atoms. The van der Waals surface area contributed by atoms with E-state index >= 15 is 0 Å². The van der Waals surface area contributed by atoms with E-state index < -0.39 is 10.0 Å². The zero-order valence-electron chi connectivity index (χ0n) is 14.1. The van der Waals surface area contributed by atoms with Crippen LogP contribution in [0.3, 0.4) is 0 Å². The molecule has 0 unspecified atom stereocenters. The molecule has 1 aromatic heterocycles. The maximum Gasteiger partial charge on any atom is 0.232 e. The molecule has 2 N–H and O–H groups in total. The van der Waals surface area contributed by atoms with Crippen LogP contribution >= 0.6 is 0 Å². The number of rotatable bonds is 6. The van der Waals surface area contributed by atoms with E-state index in [0.29, 0.717) is 16.9 Å². The number of hydrogen-bond acceptors (Lipinski definition) is 5. The van der Waals surface area contributed by atoms with Crippen molar-refractivity contribution in [3.63, 3.8) is 0 Å². The first-order valence-electron chi connectivity index (χ1n) is 8.16. The van der Waals surface area contributed by atoms with Gasteiger partial charge in [-0.05, 0) is 54.7 Å². The van der Waals surface area contributed by atoms with Gasteiger partial charge in [-0.25, -0.2) is 8.42 Å². The number of aromatic nitrogens is 1. The first-order valence-corrected chi connectivity index (χ1v) is 10.0. The summed E-state index contributed by atoms with van der Waals surface area (Å²) in [6.07, 6.45) is 5.76. The third-order valence-electron chi connectivity index (χ3n) is 4.41. The topological polar surface area (TPSA) is 93.4 Å². The van der Waals surface area contributed by atoms with Crippen LogP contribution < -0.4 is 10.0 Å². The van der Waals surface area contributed by atoms with Gasteiger partial charge in [-0.3, -0.25) is 14.1 Å². The van der Waals surface area contributed by atoms with Gasteiger partial charge in [0.1, 0.15) is 0 Å². The maximum absolute atomic E-state index is 12.3. The first-order chi connectivity index (χ1) is 11.9. The lowest BCUT2D eigenvalue weighted by molar-refractivity contribution is 0.100. The minimum Gasteiger partial charge on any atom is -0.324 e. The zero-order chi connectivity index (χ0) is 18.0. The monoisotopic (exact) mass is 359 g/mol. The molecule has 6 nitrogen and oxygen atoms in total. The van der Waals surface area contributed by atoms with E-state index in [0.717, 1.165) is 19.3 Å². The average molecular weight is 359 g/mol. The third kappa shape index (κ3) is 3.88. The number of ketones is 1. The molecular formula is C18H21N3O3S. The molecule has 0 amide bonds. The fraction of sp³-hybridized carbons (Fsp3) is 0.333. The van der Waals surface area contributed by atoms with Gasteiger partial charge in [0, 0.05) is 11.8 Å². The highest BCUT2D eigenvalue weighted by Crippen LogP contribution is 2.28. The Hall–Kier alpha value is -2.25. The molecule has 25 heavy (non-hydrogen) atoms. The predicted octanol–water partition coefficient (Wildman–Crippen LogP) is 1.68. The summed E-state index contributed by atoms with van der Waals surface area (Å²) in [5.41, 5.74) is 9.48. The normalized spacial score (nSPS) is 13.5. The number of carbonyl (C=O) groups is 1. The van der Waals surface area contributed by atoms with Crippen LogP contribution in [0.5, 0.6) is 0 Å². The number of pyridine rings is 1. The highest BCUT2D eigenvalue weighted by atomic mass is 32.2. The second-order valence-electron chi connectivity index (χ2n) is 6.24. The van der Waals surface area contributed by atoms with Crippen LogP contribution in [-0.2, 0) is 29.4 Å². The Bertz CT molecular complexity index is 892. The van der Waals surface area contributed by atoms with Gasteiger partial charge in [0.25, 0.3) is 0 Å². The van der Waals surface area contributed by atoms with E-state index in [9.17, 15) is 13.2 Å².